The molecule has 1 N–H and O–H groups in total. The Bertz CT molecular complexity index is 771. The van der Waals surface area contributed by atoms with E-state index in [1.165, 1.54) is 12.1 Å². The topological polar surface area (TPSA) is 116 Å². The zero-order valence-electron chi connectivity index (χ0n) is 15.0. The van der Waals surface area contributed by atoms with E-state index >= 15 is 0 Å². The quantitative estimate of drug-likeness (QED) is 0.390. The molecule has 0 saturated carbocycles. The van der Waals surface area contributed by atoms with E-state index in [1.807, 2.05) is 0 Å². The van der Waals surface area contributed by atoms with Crippen molar-refractivity contribution in [2.45, 2.75) is 32.6 Å². The second-order valence-corrected chi connectivity index (χ2v) is 6.03. The number of carbonyl (C=O) groups is 4. The first-order chi connectivity index (χ1) is 12.9. The van der Waals surface area contributed by atoms with Crippen molar-refractivity contribution in [3.05, 3.63) is 35.4 Å². The monoisotopic (exact) mass is 373 g/mol. The minimum atomic E-state index is -1.40. The number of para-hydroxylation sites is 1. The molecule has 27 heavy (non-hydrogen) atoms. The second-order valence-electron chi connectivity index (χ2n) is 6.03. The lowest BCUT2D eigenvalue weighted by atomic mass is 10.1. The van der Waals surface area contributed by atoms with Crippen LogP contribution < -0.4 is 15.2 Å². The van der Waals surface area contributed by atoms with Gasteiger partial charge in [0.05, 0.1) is 5.97 Å². The van der Waals surface area contributed by atoms with Crippen molar-refractivity contribution in [3.63, 3.8) is 0 Å². The van der Waals surface area contributed by atoms with E-state index in [0.717, 1.165) is 24.2 Å². The van der Waals surface area contributed by atoms with E-state index in [4.69, 9.17) is 4.74 Å². The van der Waals surface area contributed by atoms with E-state index in [9.17, 15) is 24.3 Å². The number of nitrogens with zero attached hydrogens (tertiary/aromatic N) is 1. The number of nitrogens with one attached hydrogen (secondary N) is 1. The van der Waals surface area contributed by atoms with E-state index in [-0.39, 0.29) is 17.9 Å². The number of hydrogen-bond acceptors (Lipinski definition) is 6. The molecule has 0 aliphatic carbocycles. The number of carboxylic acids is 1. The lowest BCUT2D eigenvalue weighted by Gasteiger charge is -2.26. The maximum Gasteiger partial charge on any atom is 0.331 e. The molecule has 2 rings (SSSR count). The lowest BCUT2D eigenvalue weighted by molar-refractivity contribution is -0.307. The molecule has 1 aliphatic rings. The summed E-state index contributed by atoms with van der Waals surface area (Å²) in [6.45, 7) is 1.61. The molecule has 0 bridgehead atoms. The van der Waals surface area contributed by atoms with E-state index in [1.54, 1.807) is 18.2 Å². The van der Waals surface area contributed by atoms with Crippen LogP contribution in [0.4, 0.5) is 4.79 Å². The first-order valence-corrected chi connectivity index (χ1v) is 8.74. The standard InChI is InChI=1S/C19H22N2O6/c1-2-3-4-7-10-21-18(25)14(17(24)20-19(21)26)11-13-8-5-6-9-15(13)27-12-16(22)23/h5-6,8-9,11H,2-4,7,10,12H2,1H3,(H,22,23)(H,20,24,26)/p-1/b14-11+. The summed E-state index contributed by atoms with van der Waals surface area (Å²) >= 11 is 0. The first kappa shape index (κ1) is 20.2. The molecular weight excluding hydrogens is 352 g/mol. The molecule has 1 aromatic carbocycles. The van der Waals surface area contributed by atoms with Crippen LogP contribution in [0.5, 0.6) is 5.75 Å². The van der Waals surface area contributed by atoms with Gasteiger partial charge in [0.2, 0.25) is 0 Å². The van der Waals surface area contributed by atoms with Crippen molar-refractivity contribution in [3.8, 4) is 5.75 Å². The molecule has 4 amide bonds. The summed E-state index contributed by atoms with van der Waals surface area (Å²) in [6.07, 6.45) is 4.83. The van der Waals surface area contributed by atoms with Gasteiger partial charge < -0.3 is 14.6 Å². The second kappa shape index (κ2) is 9.51. The summed E-state index contributed by atoms with van der Waals surface area (Å²) in [5, 5.41) is 12.7. The minimum Gasteiger partial charge on any atom is -0.546 e. The molecule has 1 aromatic rings. The molecule has 0 aromatic heterocycles. The van der Waals surface area contributed by atoms with Crippen molar-refractivity contribution in [2.75, 3.05) is 13.2 Å². The fraction of sp³-hybridized carbons (Fsp3) is 0.368. The third kappa shape index (κ3) is 5.40. The number of benzene rings is 1. The third-order valence-corrected chi connectivity index (χ3v) is 3.99. The smallest absolute Gasteiger partial charge is 0.331 e. The molecule has 144 valence electrons. The lowest BCUT2D eigenvalue weighted by Crippen LogP contribution is -2.54. The van der Waals surface area contributed by atoms with Gasteiger partial charge in [-0.15, -0.1) is 0 Å². The molecule has 1 fully saturated rings. The molecule has 0 radical (unpaired) electrons. The molecule has 0 unspecified atom stereocenters. The van der Waals surface area contributed by atoms with Crippen LogP contribution in [0.1, 0.15) is 38.2 Å². The normalized spacial score (nSPS) is 15.8. The number of barbiturate groups is 1. The SMILES string of the molecule is CCCCCCN1C(=O)NC(=O)/C(=C\c2ccccc2OCC(=O)[O-])C1=O. The number of imide groups is 2. The Morgan fingerprint density at radius 1 is 1.19 bits per heavy atom. The first-order valence-electron chi connectivity index (χ1n) is 8.74. The van der Waals surface area contributed by atoms with Crippen LogP contribution in [0.3, 0.4) is 0 Å². The fourth-order valence-corrected chi connectivity index (χ4v) is 2.62. The Hall–Kier alpha value is -3.16. The third-order valence-electron chi connectivity index (χ3n) is 3.99. The van der Waals surface area contributed by atoms with Gasteiger partial charge in [0.1, 0.15) is 17.9 Å². The number of carbonyl (C=O) groups excluding carboxylic acids is 4. The van der Waals surface area contributed by atoms with Gasteiger partial charge in [-0.3, -0.25) is 19.8 Å². The summed E-state index contributed by atoms with van der Waals surface area (Å²) in [5.41, 5.74) is 0.132. The van der Waals surface area contributed by atoms with Gasteiger partial charge in [-0.05, 0) is 18.6 Å². The van der Waals surface area contributed by atoms with Crippen LogP contribution in [0.25, 0.3) is 6.08 Å². The number of ether oxygens (including phenoxy) is 1. The largest absolute Gasteiger partial charge is 0.546 e. The molecular formula is C19H21N2O6-. The zero-order valence-corrected chi connectivity index (χ0v) is 15.0. The van der Waals surface area contributed by atoms with Gasteiger partial charge in [-0.1, -0.05) is 44.4 Å². The molecule has 1 aliphatic heterocycles. The summed E-state index contributed by atoms with van der Waals surface area (Å²) in [5.74, 6) is -2.70. The molecule has 0 spiro atoms. The van der Waals surface area contributed by atoms with Gasteiger partial charge >= 0.3 is 6.03 Å². The van der Waals surface area contributed by atoms with Crippen LogP contribution in [-0.4, -0.2) is 41.9 Å². The predicted octanol–water partition coefficient (Wildman–Crippen LogP) is 0.857. The maximum absolute atomic E-state index is 12.6. The number of carboxylic acid groups (broad SMARTS) is 1. The van der Waals surface area contributed by atoms with E-state index < -0.39 is 30.4 Å². The summed E-state index contributed by atoms with van der Waals surface area (Å²) in [4.78, 5) is 48.3. The van der Waals surface area contributed by atoms with E-state index in [2.05, 4.69) is 12.2 Å². The highest BCUT2D eigenvalue weighted by Crippen LogP contribution is 2.23. The number of amides is 4. The molecule has 1 saturated heterocycles. The van der Waals surface area contributed by atoms with Gasteiger partial charge in [-0.2, -0.15) is 0 Å². The average molecular weight is 373 g/mol. The van der Waals surface area contributed by atoms with Gasteiger partial charge in [0.15, 0.2) is 0 Å². The van der Waals surface area contributed by atoms with Crippen LogP contribution >= 0.6 is 0 Å². The van der Waals surface area contributed by atoms with Crippen LogP contribution in [0.2, 0.25) is 0 Å². The van der Waals surface area contributed by atoms with Crippen LogP contribution in [0.15, 0.2) is 29.8 Å². The highest BCUT2D eigenvalue weighted by Gasteiger charge is 2.35. The highest BCUT2D eigenvalue weighted by atomic mass is 16.5. The number of rotatable bonds is 9. The summed E-state index contributed by atoms with van der Waals surface area (Å²) in [6, 6.07) is 5.62. The van der Waals surface area contributed by atoms with Gasteiger partial charge in [0, 0.05) is 12.1 Å². The Balaban J connectivity index is 2.22. The Labute approximate surface area is 156 Å². The van der Waals surface area contributed by atoms with Crippen molar-refractivity contribution >= 4 is 29.9 Å². The van der Waals surface area contributed by atoms with Gasteiger partial charge in [0.25, 0.3) is 11.8 Å². The Morgan fingerprint density at radius 3 is 2.63 bits per heavy atom. The number of hydrogen-bond donors (Lipinski definition) is 1. The predicted molar refractivity (Wildman–Crippen MR) is 94.3 cm³/mol. The van der Waals surface area contributed by atoms with E-state index in [0.29, 0.717) is 12.0 Å². The summed E-state index contributed by atoms with van der Waals surface area (Å²) < 4.78 is 5.12. The zero-order chi connectivity index (χ0) is 19.8. The van der Waals surface area contributed by atoms with Crippen molar-refractivity contribution < 1.29 is 29.0 Å². The summed E-state index contributed by atoms with van der Waals surface area (Å²) in [7, 11) is 0. The van der Waals surface area contributed by atoms with Crippen molar-refractivity contribution in [2.24, 2.45) is 0 Å². The molecule has 8 heteroatoms. The Morgan fingerprint density at radius 2 is 1.93 bits per heavy atom. The van der Waals surface area contributed by atoms with Crippen molar-refractivity contribution in [1.29, 1.82) is 0 Å². The minimum absolute atomic E-state index is 0.182. The number of unbranched alkanes of at least 4 members (excludes halogenated alkanes) is 3. The van der Waals surface area contributed by atoms with Crippen molar-refractivity contribution in [1.82, 2.24) is 10.2 Å². The Kier molecular flexibility index (Phi) is 7.10. The average Bonchev–Trinajstić information content (AvgIpc) is 2.63. The van der Waals surface area contributed by atoms with Gasteiger partial charge in [-0.25, -0.2) is 4.79 Å². The number of aliphatic carboxylic acids is 1. The molecule has 1 heterocycles. The molecule has 0 atom stereocenters. The molecule has 8 nitrogen and oxygen atoms in total. The highest BCUT2D eigenvalue weighted by molar-refractivity contribution is 6.31. The fourth-order valence-electron chi connectivity index (χ4n) is 2.62. The number of urea groups is 1. The van der Waals surface area contributed by atoms with Crippen LogP contribution in [0, 0.1) is 0 Å². The maximum atomic E-state index is 12.6. The van der Waals surface area contributed by atoms with Crippen LogP contribution in [-0.2, 0) is 14.4 Å².